The lowest BCUT2D eigenvalue weighted by molar-refractivity contribution is 0.0172. The summed E-state index contributed by atoms with van der Waals surface area (Å²) >= 11 is 6.73. The van der Waals surface area contributed by atoms with Gasteiger partial charge in [-0.3, -0.25) is 0 Å². The van der Waals surface area contributed by atoms with Crippen molar-refractivity contribution in [3.8, 4) is 0 Å². The van der Waals surface area contributed by atoms with Crippen LogP contribution in [0.15, 0.2) is 26.0 Å². The van der Waals surface area contributed by atoms with Gasteiger partial charge in [-0.05, 0) is 56.5 Å². The summed E-state index contributed by atoms with van der Waals surface area (Å²) in [5.41, 5.74) is 0.408. The van der Waals surface area contributed by atoms with Crippen LogP contribution < -0.4 is 0 Å². The fourth-order valence-electron chi connectivity index (χ4n) is 3.25. The molecule has 0 saturated carbocycles. The van der Waals surface area contributed by atoms with Crippen molar-refractivity contribution in [1.82, 2.24) is 9.21 Å². The van der Waals surface area contributed by atoms with Crippen LogP contribution in [0.25, 0.3) is 0 Å². The molecular weight excluding hydrogens is 464 g/mol. The van der Waals surface area contributed by atoms with E-state index in [9.17, 15) is 13.2 Å². The monoisotopic (exact) mass is 480 g/mol. The van der Waals surface area contributed by atoms with Crippen molar-refractivity contribution in [2.24, 2.45) is 0 Å². The van der Waals surface area contributed by atoms with Crippen LogP contribution in [0, 0.1) is 6.92 Å². The number of nitrogens with zero attached hydrogens (tertiary/aromatic N) is 2. The fraction of sp³-hybridized carbons (Fsp3) is 0.533. The zero-order chi connectivity index (χ0) is 17.7. The number of piperidine rings is 1. The molecule has 9 heteroatoms. The second-order valence-corrected chi connectivity index (χ2v) is 9.95. The maximum Gasteiger partial charge on any atom is 0.410 e. The maximum atomic E-state index is 13.0. The van der Waals surface area contributed by atoms with Crippen LogP contribution in [-0.2, 0) is 14.8 Å². The van der Waals surface area contributed by atoms with Gasteiger partial charge >= 0.3 is 6.09 Å². The molecule has 2 aliphatic heterocycles. The highest BCUT2D eigenvalue weighted by molar-refractivity contribution is 9.11. The third-order valence-electron chi connectivity index (χ3n) is 4.51. The minimum atomic E-state index is -3.63. The molecule has 3 rings (SSSR count). The normalized spacial score (nSPS) is 21.3. The van der Waals surface area contributed by atoms with Crippen molar-refractivity contribution in [3.63, 3.8) is 0 Å². The second kappa shape index (κ2) is 6.26. The number of benzene rings is 1. The van der Waals surface area contributed by atoms with Gasteiger partial charge in [0.1, 0.15) is 10.5 Å². The summed E-state index contributed by atoms with van der Waals surface area (Å²) in [6.45, 7) is 3.07. The molecule has 0 N–H and O–H groups in total. The van der Waals surface area contributed by atoms with Crippen LogP contribution in [-0.4, -0.2) is 56.0 Å². The molecule has 1 aromatic carbocycles. The van der Waals surface area contributed by atoms with Crippen molar-refractivity contribution < 1.29 is 17.9 Å². The number of carbonyl (C=O) groups excluding carboxylic acids is 1. The Bertz CT molecular complexity index is 766. The molecule has 2 saturated heterocycles. The molecule has 0 aromatic heterocycles. The maximum absolute atomic E-state index is 13.0. The standard InChI is InChI=1S/C15H18Br2N2O4S/c1-10-7-11(16)13(12(17)8-10)24(21,22)19-5-3-15(4-6-19)9-18(2)14(20)23-15/h7-8H,3-6,9H2,1-2H3. The highest BCUT2D eigenvalue weighted by atomic mass is 79.9. The van der Waals surface area contributed by atoms with E-state index in [-0.39, 0.29) is 11.0 Å². The first kappa shape index (κ1) is 18.2. The quantitative estimate of drug-likeness (QED) is 0.650. The topological polar surface area (TPSA) is 66.9 Å². The summed E-state index contributed by atoms with van der Waals surface area (Å²) in [6, 6.07) is 3.58. The predicted octanol–water partition coefficient (Wildman–Crippen LogP) is 3.13. The van der Waals surface area contributed by atoms with E-state index < -0.39 is 15.6 Å². The number of hydrogen-bond acceptors (Lipinski definition) is 4. The van der Waals surface area contributed by atoms with Gasteiger partial charge in [-0.15, -0.1) is 0 Å². The molecule has 2 heterocycles. The number of ether oxygens (including phenoxy) is 1. The molecule has 0 bridgehead atoms. The van der Waals surface area contributed by atoms with Crippen molar-refractivity contribution in [1.29, 1.82) is 0 Å². The number of carbonyl (C=O) groups is 1. The van der Waals surface area contributed by atoms with Gasteiger partial charge in [0.05, 0.1) is 6.54 Å². The Hall–Kier alpha value is -0.640. The minimum absolute atomic E-state index is 0.240. The van der Waals surface area contributed by atoms with E-state index in [0.717, 1.165) is 5.56 Å². The Morgan fingerprint density at radius 1 is 1.17 bits per heavy atom. The molecule has 0 radical (unpaired) electrons. The summed E-state index contributed by atoms with van der Waals surface area (Å²) in [7, 11) is -1.93. The zero-order valence-corrected chi connectivity index (χ0v) is 17.4. The minimum Gasteiger partial charge on any atom is -0.441 e. The Morgan fingerprint density at radius 2 is 1.71 bits per heavy atom. The van der Waals surface area contributed by atoms with Crippen molar-refractivity contribution >= 4 is 48.0 Å². The lowest BCUT2D eigenvalue weighted by Crippen LogP contribution is -2.48. The zero-order valence-electron chi connectivity index (χ0n) is 13.4. The van der Waals surface area contributed by atoms with E-state index >= 15 is 0 Å². The molecule has 2 fully saturated rings. The van der Waals surface area contributed by atoms with Crippen molar-refractivity contribution in [3.05, 3.63) is 26.6 Å². The first-order valence-electron chi connectivity index (χ1n) is 7.55. The van der Waals surface area contributed by atoms with E-state index in [1.54, 1.807) is 19.2 Å². The number of rotatable bonds is 2. The number of halogens is 2. The van der Waals surface area contributed by atoms with Crippen LogP contribution in [0.5, 0.6) is 0 Å². The number of hydrogen-bond donors (Lipinski definition) is 0. The van der Waals surface area contributed by atoms with Gasteiger partial charge in [0.2, 0.25) is 10.0 Å². The lowest BCUT2D eigenvalue weighted by Gasteiger charge is -2.36. The Morgan fingerprint density at radius 3 is 2.17 bits per heavy atom. The highest BCUT2D eigenvalue weighted by Gasteiger charge is 2.47. The van der Waals surface area contributed by atoms with Gasteiger partial charge in [-0.1, -0.05) is 0 Å². The molecule has 1 amide bonds. The van der Waals surface area contributed by atoms with Gasteiger partial charge in [0.25, 0.3) is 0 Å². The molecule has 132 valence electrons. The van der Waals surface area contributed by atoms with Crippen LogP contribution >= 0.6 is 31.9 Å². The molecule has 24 heavy (non-hydrogen) atoms. The fourth-order valence-corrected chi connectivity index (χ4v) is 7.42. The van der Waals surface area contributed by atoms with Crippen LogP contribution in [0.4, 0.5) is 4.79 Å². The molecule has 1 aromatic rings. The van der Waals surface area contributed by atoms with Gasteiger partial charge in [-0.25, -0.2) is 13.2 Å². The first-order valence-corrected chi connectivity index (χ1v) is 10.6. The van der Waals surface area contributed by atoms with E-state index in [0.29, 0.717) is 41.4 Å². The van der Waals surface area contributed by atoms with Crippen LogP contribution in [0.1, 0.15) is 18.4 Å². The Balaban J connectivity index is 1.83. The van der Waals surface area contributed by atoms with Gasteiger partial charge < -0.3 is 9.64 Å². The van der Waals surface area contributed by atoms with Crippen molar-refractivity contribution in [2.45, 2.75) is 30.3 Å². The van der Waals surface area contributed by atoms with E-state index in [4.69, 9.17) is 4.74 Å². The molecular formula is C15H18Br2N2O4S. The predicted molar refractivity (Wildman–Crippen MR) is 96.4 cm³/mol. The SMILES string of the molecule is Cc1cc(Br)c(S(=O)(=O)N2CCC3(CC2)CN(C)C(=O)O3)c(Br)c1. The average Bonchev–Trinajstić information content (AvgIpc) is 2.72. The lowest BCUT2D eigenvalue weighted by atomic mass is 9.92. The average molecular weight is 482 g/mol. The Kier molecular flexibility index (Phi) is 4.74. The second-order valence-electron chi connectivity index (χ2n) is 6.37. The number of amides is 1. The van der Waals surface area contributed by atoms with E-state index in [1.807, 2.05) is 6.92 Å². The molecule has 0 aliphatic carbocycles. The highest BCUT2D eigenvalue weighted by Crippen LogP contribution is 2.38. The molecule has 0 atom stereocenters. The van der Waals surface area contributed by atoms with E-state index in [2.05, 4.69) is 31.9 Å². The number of sulfonamides is 1. The third kappa shape index (κ3) is 3.11. The largest absolute Gasteiger partial charge is 0.441 e. The van der Waals surface area contributed by atoms with Crippen molar-refractivity contribution in [2.75, 3.05) is 26.7 Å². The summed E-state index contributed by atoms with van der Waals surface area (Å²) in [6.07, 6.45) is 0.669. The summed E-state index contributed by atoms with van der Waals surface area (Å²) in [5, 5.41) is 0. The molecule has 1 spiro atoms. The molecule has 2 aliphatic rings. The van der Waals surface area contributed by atoms with Crippen LogP contribution in [0.3, 0.4) is 0 Å². The Labute approximate surface area is 158 Å². The molecule has 0 unspecified atom stereocenters. The summed E-state index contributed by atoms with van der Waals surface area (Å²) < 4.78 is 34.1. The first-order chi connectivity index (χ1) is 11.1. The van der Waals surface area contributed by atoms with Gasteiger partial charge in [0.15, 0.2) is 0 Å². The smallest absolute Gasteiger partial charge is 0.410 e. The molecule has 6 nitrogen and oxygen atoms in total. The number of likely N-dealkylation sites (N-methyl/N-ethyl adjacent to an activating group) is 1. The van der Waals surface area contributed by atoms with Crippen LogP contribution in [0.2, 0.25) is 0 Å². The van der Waals surface area contributed by atoms with Gasteiger partial charge in [-0.2, -0.15) is 4.31 Å². The third-order valence-corrected chi connectivity index (χ3v) is 8.29. The van der Waals surface area contributed by atoms with E-state index in [1.165, 1.54) is 9.21 Å². The van der Waals surface area contributed by atoms with Gasteiger partial charge in [0, 0.05) is 41.9 Å². The number of aryl methyl sites for hydroxylation is 1. The summed E-state index contributed by atoms with van der Waals surface area (Å²) in [4.78, 5) is 13.4. The summed E-state index contributed by atoms with van der Waals surface area (Å²) in [5.74, 6) is 0.